The fourth-order valence-electron chi connectivity index (χ4n) is 5.35. The number of carbonyl (C=O) groups excluding carboxylic acids is 2. The number of hydrogen-bond donors (Lipinski definition) is 1. The Morgan fingerprint density at radius 2 is 1.95 bits per heavy atom. The zero-order valence-corrected chi connectivity index (χ0v) is 20.9. The van der Waals surface area contributed by atoms with Crippen molar-refractivity contribution in [3.05, 3.63) is 65.9 Å². The van der Waals surface area contributed by atoms with E-state index < -0.39 is 11.9 Å². The number of nitrogens with one attached hydrogen (secondary N) is 1. The van der Waals surface area contributed by atoms with Crippen molar-refractivity contribution in [2.24, 2.45) is 10.9 Å². The van der Waals surface area contributed by atoms with Crippen LogP contribution in [0, 0.1) is 5.92 Å². The zero-order chi connectivity index (χ0) is 26.7. The molecule has 198 valence electrons. The number of halogens is 3. The number of amides is 2. The van der Waals surface area contributed by atoms with Gasteiger partial charge >= 0.3 is 6.18 Å². The lowest BCUT2D eigenvalue weighted by Gasteiger charge is -2.29. The normalized spacial score (nSPS) is 20.4. The average molecular weight is 523 g/mol. The molecule has 1 N–H and O–H groups in total. The molecule has 2 atom stereocenters. The van der Waals surface area contributed by atoms with Gasteiger partial charge in [0.25, 0.3) is 5.91 Å². The summed E-state index contributed by atoms with van der Waals surface area (Å²) < 4.78 is 40.0. The van der Waals surface area contributed by atoms with E-state index in [0.717, 1.165) is 43.9 Å². The minimum atomic E-state index is -4.55. The van der Waals surface area contributed by atoms with E-state index in [9.17, 15) is 22.8 Å². The molecule has 9 heteroatoms. The van der Waals surface area contributed by atoms with Gasteiger partial charge in [-0.05, 0) is 68.4 Å². The number of rotatable bonds is 6. The van der Waals surface area contributed by atoms with E-state index in [2.05, 4.69) is 15.3 Å². The van der Waals surface area contributed by atoms with E-state index in [-0.39, 0.29) is 35.0 Å². The Labute approximate surface area is 219 Å². The molecule has 0 radical (unpaired) electrons. The number of hydrogen-bond acceptors (Lipinski definition) is 4. The Morgan fingerprint density at radius 3 is 2.74 bits per heavy atom. The molecular weight excluding hydrogens is 493 g/mol. The number of anilines is 1. The molecule has 2 aromatic carbocycles. The molecule has 1 aromatic heterocycles. The third-order valence-corrected chi connectivity index (χ3v) is 7.27. The lowest BCUT2D eigenvalue weighted by molar-refractivity contribution is -0.140. The van der Waals surface area contributed by atoms with Crippen molar-refractivity contribution >= 4 is 40.3 Å². The number of pyridine rings is 1. The summed E-state index contributed by atoms with van der Waals surface area (Å²) in [7, 11) is 0. The standard InChI is InChI=1S/C29H29F3N4O2/c30-29(31,32)26-18-25(23-10-1-2-11-24(23)35-26)33-14-13-19-6-3-8-21(16-19)34-28(38)20-7-4-9-22(17-20)36-15-5-12-27(36)37/h1-2,4,7,9-11,14,17-19,21H,3,5-6,8,12-13,15-16H2,(H,34,38). The molecule has 0 spiro atoms. The molecule has 6 nitrogen and oxygen atoms in total. The Bertz CT molecular complexity index is 1370. The third-order valence-electron chi connectivity index (χ3n) is 7.27. The molecule has 3 aromatic rings. The van der Waals surface area contributed by atoms with Gasteiger partial charge in [-0.15, -0.1) is 0 Å². The van der Waals surface area contributed by atoms with Gasteiger partial charge in [0.15, 0.2) is 0 Å². The molecule has 2 aliphatic rings. The number of aromatic nitrogens is 1. The molecule has 2 heterocycles. The predicted molar refractivity (Wildman–Crippen MR) is 141 cm³/mol. The Hall–Kier alpha value is -3.75. The molecule has 0 bridgehead atoms. The van der Waals surface area contributed by atoms with Gasteiger partial charge in [-0.3, -0.25) is 14.6 Å². The summed E-state index contributed by atoms with van der Waals surface area (Å²) in [5.74, 6) is 0.177. The number of para-hydroxylation sites is 1. The van der Waals surface area contributed by atoms with Crippen molar-refractivity contribution in [3.63, 3.8) is 0 Å². The second kappa shape index (κ2) is 10.9. The van der Waals surface area contributed by atoms with Gasteiger partial charge in [0.05, 0.1) is 11.2 Å². The fourth-order valence-corrected chi connectivity index (χ4v) is 5.35. The summed E-state index contributed by atoms with van der Waals surface area (Å²) in [6.45, 7) is 0.669. The van der Waals surface area contributed by atoms with Crippen LogP contribution in [-0.2, 0) is 11.0 Å². The lowest BCUT2D eigenvalue weighted by atomic mass is 9.84. The molecule has 1 aliphatic carbocycles. The lowest BCUT2D eigenvalue weighted by Crippen LogP contribution is -2.38. The summed E-state index contributed by atoms with van der Waals surface area (Å²) >= 11 is 0. The highest BCUT2D eigenvalue weighted by molar-refractivity contribution is 5.99. The first-order valence-corrected chi connectivity index (χ1v) is 13.0. The van der Waals surface area contributed by atoms with Crippen molar-refractivity contribution in [1.29, 1.82) is 0 Å². The van der Waals surface area contributed by atoms with Crippen molar-refractivity contribution < 1.29 is 22.8 Å². The summed E-state index contributed by atoms with van der Waals surface area (Å²) in [6, 6.07) is 14.8. The molecular formula is C29H29F3N4O2. The van der Waals surface area contributed by atoms with Crippen LogP contribution in [0.5, 0.6) is 0 Å². The molecule has 38 heavy (non-hydrogen) atoms. The number of carbonyl (C=O) groups is 2. The third kappa shape index (κ3) is 5.87. The Morgan fingerprint density at radius 1 is 1.11 bits per heavy atom. The number of alkyl halides is 3. The molecule has 1 saturated heterocycles. The predicted octanol–water partition coefficient (Wildman–Crippen LogP) is 6.46. The first kappa shape index (κ1) is 25.9. The molecule has 2 amide bonds. The minimum Gasteiger partial charge on any atom is -0.349 e. The second-order valence-corrected chi connectivity index (χ2v) is 9.99. The summed E-state index contributed by atoms with van der Waals surface area (Å²) in [6.07, 6.45) is 2.66. The largest absolute Gasteiger partial charge is 0.433 e. The van der Waals surface area contributed by atoms with E-state index in [0.29, 0.717) is 30.3 Å². The van der Waals surface area contributed by atoms with Gasteiger partial charge in [-0.25, -0.2) is 4.98 Å². The summed E-state index contributed by atoms with van der Waals surface area (Å²) in [5, 5.41) is 3.70. The number of benzene rings is 2. The summed E-state index contributed by atoms with van der Waals surface area (Å²) in [4.78, 5) is 34.9. The van der Waals surface area contributed by atoms with Crippen molar-refractivity contribution in [3.8, 4) is 0 Å². The molecule has 1 aliphatic heterocycles. The topological polar surface area (TPSA) is 74.7 Å². The van der Waals surface area contributed by atoms with Crippen LogP contribution < -0.4 is 10.2 Å². The summed E-state index contributed by atoms with van der Waals surface area (Å²) in [5.41, 5.74) is 0.820. The maximum atomic E-state index is 13.3. The van der Waals surface area contributed by atoms with Crippen LogP contribution in [0.1, 0.15) is 61.0 Å². The van der Waals surface area contributed by atoms with Crippen LogP contribution >= 0.6 is 0 Å². The van der Waals surface area contributed by atoms with Crippen LogP contribution in [0.4, 0.5) is 24.5 Å². The van der Waals surface area contributed by atoms with Gasteiger partial charge in [0, 0.05) is 41.9 Å². The van der Waals surface area contributed by atoms with Gasteiger partial charge in [-0.1, -0.05) is 30.7 Å². The minimum absolute atomic E-state index is 0.00492. The first-order chi connectivity index (χ1) is 18.3. The maximum Gasteiger partial charge on any atom is 0.433 e. The van der Waals surface area contributed by atoms with E-state index in [4.69, 9.17) is 0 Å². The highest BCUT2D eigenvalue weighted by Gasteiger charge is 2.33. The zero-order valence-electron chi connectivity index (χ0n) is 20.9. The molecule has 5 rings (SSSR count). The number of fused-ring (bicyclic) bond motifs is 1. The van der Waals surface area contributed by atoms with Gasteiger partial charge in [-0.2, -0.15) is 13.2 Å². The number of aliphatic imine (C=N–C) groups is 1. The van der Waals surface area contributed by atoms with Crippen molar-refractivity contribution in [2.75, 3.05) is 11.4 Å². The van der Waals surface area contributed by atoms with Crippen LogP contribution in [0.25, 0.3) is 10.9 Å². The highest BCUT2D eigenvalue weighted by atomic mass is 19.4. The number of nitrogens with zero attached hydrogens (tertiary/aromatic N) is 3. The van der Waals surface area contributed by atoms with E-state index in [1.807, 2.05) is 6.07 Å². The fraction of sp³-hybridized carbons (Fsp3) is 0.379. The smallest absolute Gasteiger partial charge is 0.349 e. The van der Waals surface area contributed by atoms with E-state index in [1.54, 1.807) is 53.6 Å². The Balaban J connectivity index is 1.22. The SMILES string of the molecule is O=C(NC1CCCC(CC=Nc2cc(C(F)(F)F)nc3ccccc23)C1)c1cccc(N2CCCC2=O)c1. The van der Waals surface area contributed by atoms with Crippen LogP contribution in [0.2, 0.25) is 0 Å². The van der Waals surface area contributed by atoms with Crippen LogP contribution in [0.15, 0.2) is 59.6 Å². The average Bonchev–Trinajstić information content (AvgIpc) is 3.34. The maximum absolute atomic E-state index is 13.3. The Kier molecular flexibility index (Phi) is 7.44. The van der Waals surface area contributed by atoms with E-state index >= 15 is 0 Å². The van der Waals surface area contributed by atoms with E-state index in [1.165, 1.54) is 0 Å². The van der Waals surface area contributed by atoms with Gasteiger partial charge in [0.2, 0.25) is 5.91 Å². The van der Waals surface area contributed by atoms with Crippen molar-refractivity contribution in [2.45, 2.75) is 57.2 Å². The van der Waals surface area contributed by atoms with Gasteiger partial charge in [0.1, 0.15) is 5.69 Å². The molecule has 2 fully saturated rings. The van der Waals surface area contributed by atoms with Crippen LogP contribution in [-0.4, -0.2) is 35.6 Å². The molecule has 2 unspecified atom stereocenters. The quantitative estimate of drug-likeness (QED) is 0.378. The molecule has 1 saturated carbocycles. The monoisotopic (exact) mass is 522 g/mol. The highest BCUT2D eigenvalue weighted by Crippen LogP contribution is 2.34. The van der Waals surface area contributed by atoms with Gasteiger partial charge < -0.3 is 10.2 Å². The van der Waals surface area contributed by atoms with Crippen molar-refractivity contribution in [1.82, 2.24) is 10.3 Å². The van der Waals surface area contributed by atoms with Crippen LogP contribution in [0.3, 0.4) is 0 Å². The first-order valence-electron chi connectivity index (χ1n) is 13.0. The second-order valence-electron chi connectivity index (χ2n) is 9.99.